The lowest BCUT2D eigenvalue weighted by atomic mass is 10.1. The summed E-state index contributed by atoms with van der Waals surface area (Å²) < 4.78 is 9.73. The highest BCUT2D eigenvalue weighted by molar-refractivity contribution is 5.92. The molecule has 0 unspecified atom stereocenters. The molecule has 0 saturated carbocycles. The Morgan fingerprint density at radius 2 is 1.85 bits per heavy atom. The van der Waals surface area contributed by atoms with Crippen LogP contribution in [0.3, 0.4) is 0 Å². The average Bonchev–Trinajstić information content (AvgIpc) is 3.42. The Morgan fingerprint density at radius 3 is 2.65 bits per heavy atom. The van der Waals surface area contributed by atoms with Crippen LogP contribution in [0.1, 0.15) is 10.5 Å². The van der Waals surface area contributed by atoms with Crippen molar-refractivity contribution < 1.29 is 9.53 Å². The third kappa shape index (κ3) is 4.18. The summed E-state index contributed by atoms with van der Waals surface area (Å²) >= 11 is 0. The zero-order chi connectivity index (χ0) is 23.7. The summed E-state index contributed by atoms with van der Waals surface area (Å²) in [4.78, 5) is 20.6. The molecule has 2 aromatic carbocycles. The molecule has 3 aromatic heterocycles. The first-order chi connectivity index (χ1) is 16.5. The van der Waals surface area contributed by atoms with Gasteiger partial charge < -0.3 is 19.9 Å². The summed E-state index contributed by atoms with van der Waals surface area (Å²) in [6.45, 7) is 0. The number of nitrogens with zero attached hydrogens (tertiary/aromatic N) is 5. The largest absolute Gasteiger partial charge is 0.457 e. The van der Waals surface area contributed by atoms with Gasteiger partial charge in [0.25, 0.3) is 5.91 Å². The zero-order valence-electron chi connectivity index (χ0n) is 19.0. The number of rotatable bonds is 6. The van der Waals surface area contributed by atoms with Crippen LogP contribution in [0.5, 0.6) is 11.5 Å². The van der Waals surface area contributed by atoms with Crippen LogP contribution in [-0.4, -0.2) is 37.3 Å². The first-order valence-corrected chi connectivity index (χ1v) is 10.7. The van der Waals surface area contributed by atoms with E-state index < -0.39 is 0 Å². The second kappa shape index (κ2) is 8.70. The van der Waals surface area contributed by atoms with Crippen molar-refractivity contribution in [3.63, 3.8) is 0 Å². The van der Waals surface area contributed by atoms with E-state index >= 15 is 0 Å². The molecule has 0 aliphatic rings. The molecule has 1 amide bonds. The molecule has 0 saturated heterocycles. The van der Waals surface area contributed by atoms with Gasteiger partial charge in [-0.05, 0) is 36.4 Å². The molecule has 3 heterocycles. The first kappa shape index (κ1) is 21.2. The number of benzene rings is 2. The normalized spacial score (nSPS) is 10.9. The van der Waals surface area contributed by atoms with Crippen molar-refractivity contribution in [3.8, 4) is 22.8 Å². The minimum absolute atomic E-state index is 0.270. The third-order valence-corrected chi connectivity index (χ3v) is 5.41. The average molecular weight is 454 g/mol. The Labute approximate surface area is 196 Å². The number of hydrogen-bond acceptors (Lipinski definition) is 6. The van der Waals surface area contributed by atoms with E-state index in [-0.39, 0.29) is 5.91 Å². The smallest absolute Gasteiger partial charge is 0.269 e. The Bertz CT molecular complexity index is 1500. The molecule has 0 aliphatic carbocycles. The van der Waals surface area contributed by atoms with Crippen molar-refractivity contribution in [2.24, 2.45) is 14.1 Å². The Kier molecular flexibility index (Phi) is 5.43. The number of hydrogen-bond donors (Lipinski definition) is 2. The fourth-order valence-corrected chi connectivity index (χ4v) is 3.67. The molecule has 0 radical (unpaired) electrons. The molecule has 9 nitrogen and oxygen atoms in total. The van der Waals surface area contributed by atoms with E-state index in [9.17, 15) is 4.79 Å². The topological polar surface area (TPSA) is 98.9 Å². The van der Waals surface area contributed by atoms with E-state index in [0.29, 0.717) is 23.1 Å². The maximum atomic E-state index is 11.8. The van der Waals surface area contributed by atoms with Crippen LogP contribution < -0.4 is 15.4 Å². The summed E-state index contributed by atoms with van der Waals surface area (Å²) in [7, 11) is 5.42. The number of pyridine rings is 1. The minimum atomic E-state index is -0.270. The molecule has 5 aromatic rings. The van der Waals surface area contributed by atoms with Crippen LogP contribution in [0.15, 0.2) is 73.1 Å². The van der Waals surface area contributed by atoms with Crippen LogP contribution in [0.25, 0.3) is 22.3 Å². The first-order valence-electron chi connectivity index (χ1n) is 10.7. The van der Waals surface area contributed by atoms with Crippen LogP contribution >= 0.6 is 0 Å². The van der Waals surface area contributed by atoms with Gasteiger partial charge in [-0.2, -0.15) is 5.10 Å². The SMILES string of the molecule is CNC(=O)c1cc(Oc2ccc3c(c2)nc(Nc2cccc(-c4ccn(C)n4)c2)n3C)ccn1. The van der Waals surface area contributed by atoms with E-state index in [1.165, 1.54) is 0 Å². The van der Waals surface area contributed by atoms with Gasteiger partial charge in [0.2, 0.25) is 5.95 Å². The molecule has 9 heteroatoms. The molecular formula is C25H23N7O2. The Balaban J connectivity index is 1.39. The Hall–Kier alpha value is -4.66. The van der Waals surface area contributed by atoms with Crippen molar-refractivity contribution in [1.29, 1.82) is 0 Å². The predicted molar refractivity (Wildman–Crippen MR) is 130 cm³/mol. The second-order valence-corrected chi connectivity index (χ2v) is 7.78. The number of anilines is 2. The second-order valence-electron chi connectivity index (χ2n) is 7.78. The van der Waals surface area contributed by atoms with Gasteiger partial charge in [-0.3, -0.25) is 14.5 Å². The van der Waals surface area contributed by atoms with Crippen LogP contribution in [-0.2, 0) is 14.1 Å². The van der Waals surface area contributed by atoms with E-state index in [2.05, 4.69) is 20.7 Å². The summed E-state index contributed by atoms with van der Waals surface area (Å²) in [6.07, 6.45) is 3.46. The molecule has 0 spiro atoms. The molecule has 0 fully saturated rings. The number of imidazole rings is 1. The predicted octanol–water partition coefficient (Wildman–Crippen LogP) is 4.26. The maximum Gasteiger partial charge on any atom is 0.269 e. The third-order valence-electron chi connectivity index (χ3n) is 5.41. The fourth-order valence-electron chi connectivity index (χ4n) is 3.67. The van der Waals surface area contributed by atoms with Crippen molar-refractivity contribution >= 4 is 28.6 Å². The van der Waals surface area contributed by atoms with Gasteiger partial charge >= 0.3 is 0 Å². The van der Waals surface area contributed by atoms with E-state index in [0.717, 1.165) is 28.0 Å². The van der Waals surface area contributed by atoms with E-state index in [1.54, 1.807) is 30.1 Å². The standard InChI is InChI=1S/C25H23N7O2/c1-26-24(33)22-15-19(9-11-27-22)34-18-7-8-23-21(14-18)29-25(32(23)3)28-17-6-4-5-16(13-17)20-10-12-31(2)30-20/h4-15H,1-3H3,(H,26,33)(H,28,29). The lowest BCUT2D eigenvalue weighted by Crippen LogP contribution is -2.18. The summed E-state index contributed by atoms with van der Waals surface area (Å²) in [5.74, 6) is 1.57. The molecule has 0 bridgehead atoms. The number of nitrogens with one attached hydrogen (secondary N) is 2. The van der Waals surface area contributed by atoms with Crippen LogP contribution in [0.4, 0.5) is 11.6 Å². The Morgan fingerprint density at radius 1 is 1.00 bits per heavy atom. The quantitative estimate of drug-likeness (QED) is 0.399. The summed E-state index contributed by atoms with van der Waals surface area (Å²) in [5.41, 5.74) is 4.87. The molecule has 170 valence electrons. The van der Waals surface area contributed by atoms with Gasteiger partial charge in [0.15, 0.2) is 0 Å². The van der Waals surface area contributed by atoms with Gasteiger partial charge in [-0.25, -0.2) is 4.98 Å². The number of carbonyl (C=O) groups excluding carboxylic acids is 1. The van der Waals surface area contributed by atoms with Crippen molar-refractivity contribution in [2.45, 2.75) is 0 Å². The molecule has 0 atom stereocenters. The van der Waals surface area contributed by atoms with Gasteiger partial charge in [-0.15, -0.1) is 0 Å². The van der Waals surface area contributed by atoms with Gasteiger partial charge in [0.1, 0.15) is 17.2 Å². The van der Waals surface area contributed by atoms with Crippen LogP contribution in [0.2, 0.25) is 0 Å². The number of fused-ring (bicyclic) bond motifs is 1. The van der Waals surface area contributed by atoms with Gasteiger partial charge in [0.05, 0.1) is 16.7 Å². The lowest BCUT2D eigenvalue weighted by molar-refractivity contribution is 0.0958. The van der Waals surface area contributed by atoms with Crippen molar-refractivity contribution in [1.82, 2.24) is 29.6 Å². The monoisotopic (exact) mass is 453 g/mol. The highest BCUT2D eigenvalue weighted by Crippen LogP contribution is 2.29. The highest BCUT2D eigenvalue weighted by atomic mass is 16.5. The van der Waals surface area contributed by atoms with Crippen molar-refractivity contribution in [3.05, 3.63) is 78.8 Å². The van der Waals surface area contributed by atoms with E-state index in [1.807, 2.05) is 73.4 Å². The molecule has 34 heavy (non-hydrogen) atoms. The molecular weight excluding hydrogens is 430 g/mol. The van der Waals surface area contributed by atoms with Crippen LogP contribution in [0, 0.1) is 0 Å². The fraction of sp³-hybridized carbons (Fsp3) is 0.120. The van der Waals surface area contributed by atoms with Gasteiger partial charge in [0, 0.05) is 56.9 Å². The number of aromatic nitrogens is 5. The number of amides is 1. The minimum Gasteiger partial charge on any atom is -0.457 e. The van der Waals surface area contributed by atoms with Gasteiger partial charge in [-0.1, -0.05) is 12.1 Å². The van der Waals surface area contributed by atoms with Crippen molar-refractivity contribution in [2.75, 3.05) is 12.4 Å². The summed E-state index contributed by atoms with van der Waals surface area (Å²) in [6, 6.07) is 19.0. The maximum absolute atomic E-state index is 11.8. The molecule has 0 aliphatic heterocycles. The number of carbonyl (C=O) groups is 1. The number of ether oxygens (including phenoxy) is 1. The molecule has 5 rings (SSSR count). The molecule has 2 N–H and O–H groups in total. The lowest BCUT2D eigenvalue weighted by Gasteiger charge is -2.08. The zero-order valence-corrected chi connectivity index (χ0v) is 19.0. The summed E-state index contributed by atoms with van der Waals surface area (Å²) in [5, 5.41) is 10.4. The highest BCUT2D eigenvalue weighted by Gasteiger charge is 2.12. The van der Waals surface area contributed by atoms with E-state index in [4.69, 9.17) is 9.72 Å². The number of aryl methyl sites for hydroxylation is 2.